The molecule has 1 aromatic carbocycles. The molecule has 1 unspecified atom stereocenters. The molecule has 1 atom stereocenters. The van der Waals surface area contributed by atoms with Crippen LogP contribution in [0.5, 0.6) is 0 Å². The second-order valence-corrected chi connectivity index (χ2v) is 6.05. The van der Waals surface area contributed by atoms with Crippen LogP contribution in [0.2, 0.25) is 5.02 Å². The lowest BCUT2D eigenvalue weighted by atomic mass is 9.96. The maximum Gasteiger partial charge on any atom is 0.342 e. The number of carbonyl (C=O) groups excluding carboxylic acids is 1. The number of hydrogen-bond donors (Lipinski definition) is 1. The van der Waals surface area contributed by atoms with Gasteiger partial charge in [0, 0.05) is 17.4 Å². The van der Waals surface area contributed by atoms with Gasteiger partial charge in [-0.05, 0) is 23.6 Å². The minimum Gasteiger partial charge on any atom is -0.425 e. The number of esters is 1. The fourth-order valence-corrected chi connectivity index (χ4v) is 3.48. The van der Waals surface area contributed by atoms with Crippen molar-refractivity contribution in [1.82, 2.24) is 0 Å². The zero-order valence-corrected chi connectivity index (χ0v) is 12.5. The molecule has 21 heavy (non-hydrogen) atoms. The Bertz CT molecular complexity index is 730. The number of cyclic esters (lactones) is 1. The largest absolute Gasteiger partial charge is 0.425 e. The third kappa shape index (κ3) is 2.27. The fraction of sp³-hybridized carbons (Fsp3) is 0.133. The third-order valence-electron chi connectivity index (χ3n) is 3.19. The summed E-state index contributed by atoms with van der Waals surface area (Å²) in [6, 6.07) is 7.64. The predicted octanol–water partition coefficient (Wildman–Crippen LogP) is 3.72. The second kappa shape index (κ2) is 4.94. The van der Waals surface area contributed by atoms with Crippen molar-refractivity contribution in [2.75, 3.05) is 0 Å². The van der Waals surface area contributed by atoms with Gasteiger partial charge in [0.05, 0.1) is 16.2 Å². The summed E-state index contributed by atoms with van der Waals surface area (Å²) in [5.74, 6) is -3.25. The van der Waals surface area contributed by atoms with Crippen molar-refractivity contribution in [3.8, 4) is 0 Å². The van der Waals surface area contributed by atoms with Gasteiger partial charge in [-0.15, -0.1) is 11.3 Å². The van der Waals surface area contributed by atoms with E-state index in [0.717, 1.165) is 0 Å². The molecular weight excluding hydrogens is 315 g/mol. The van der Waals surface area contributed by atoms with Crippen LogP contribution < -0.4 is 0 Å². The van der Waals surface area contributed by atoms with Crippen LogP contribution in [0, 0.1) is 5.82 Å². The van der Waals surface area contributed by atoms with Gasteiger partial charge in [0.1, 0.15) is 5.82 Å². The summed E-state index contributed by atoms with van der Waals surface area (Å²) in [5, 5.41) is 12.2. The summed E-state index contributed by atoms with van der Waals surface area (Å²) in [5.41, 5.74) is 0.144. The lowest BCUT2D eigenvalue weighted by Gasteiger charge is -2.18. The highest BCUT2D eigenvalue weighted by molar-refractivity contribution is 7.11. The number of carbonyl (C=O) groups is 1. The van der Waals surface area contributed by atoms with Crippen LogP contribution in [0.4, 0.5) is 4.39 Å². The quantitative estimate of drug-likeness (QED) is 0.856. The van der Waals surface area contributed by atoms with Crippen molar-refractivity contribution in [1.29, 1.82) is 0 Å². The first-order chi connectivity index (χ1) is 9.92. The summed E-state index contributed by atoms with van der Waals surface area (Å²) in [6.07, 6.45) is 0. The zero-order chi connectivity index (χ0) is 15.2. The predicted molar refractivity (Wildman–Crippen MR) is 79.3 cm³/mol. The van der Waals surface area contributed by atoms with E-state index in [1.54, 1.807) is 17.5 Å². The molecule has 1 aromatic heterocycles. The number of thiophene rings is 1. The molecule has 1 aliphatic heterocycles. The van der Waals surface area contributed by atoms with Crippen molar-refractivity contribution in [2.45, 2.75) is 12.7 Å². The summed E-state index contributed by atoms with van der Waals surface area (Å²) < 4.78 is 19.1. The SMILES string of the molecule is CC1(O)OC(=O)C(c2c(F)cccc2Cl)=C1c1cccs1. The van der Waals surface area contributed by atoms with Crippen molar-refractivity contribution in [3.05, 3.63) is 57.0 Å². The molecular formula is C15H10ClFO3S. The number of ether oxygens (including phenoxy) is 1. The molecule has 1 aliphatic rings. The Morgan fingerprint density at radius 2 is 2.10 bits per heavy atom. The molecule has 0 saturated heterocycles. The number of aliphatic hydroxyl groups is 1. The molecule has 108 valence electrons. The minimum atomic E-state index is -1.82. The Labute approximate surface area is 129 Å². The first-order valence-electron chi connectivity index (χ1n) is 6.10. The first-order valence-corrected chi connectivity index (χ1v) is 7.36. The number of halogens is 2. The molecule has 0 radical (unpaired) electrons. The Balaban J connectivity index is 2.35. The van der Waals surface area contributed by atoms with Crippen LogP contribution in [0.3, 0.4) is 0 Å². The Morgan fingerprint density at radius 3 is 2.71 bits per heavy atom. The normalized spacial score (nSPS) is 21.8. The van der Waals surface area contributed by atoms with Gasteiger partial charge in [0.2, 0.25) is 5.79 Å². The fourth-order valence-electron chi connectivity index (χ4n) is 2.35. The van der Waals surface area contributed by atoms with Gasteiger partial charge < -0.3 is 9.84 Å². The van der Waals surface area contributed by atoms with Crippen LogP contribution >= 0.6 is 22.9 Å². The molecule has 0 aliphatic carbocycles. The third-order valence-corrected chi connectivity index (χ3v) is 4.39. The van der Waals surface area contributed by atoms with Crippen molar-refractivity contribution < 1.29 is 19.0 Å². The number of benzene rings is 1. The Morgan fingerprint density at radius 1 is 1.33 bits per heavy atom. The van der Waals surface area contributed by atoms with Gasteiger partial charge in [0.15, 0.2) is 0 Å². The van der Waals surface area contributed by atoms with Crippen molar-refractivity contribution in [3.63, 3.8) is 0 Å². The van der Waals surface area contributed by atoms with E-state index in [9.17, 15) is 14.3 Å². The van der Waals surface area contributed by atoms with E-state index in [1.165, 1.54) is 36.5 Å². The lowest BCUT2D eigenvalue weighted by molar-refractivity contribution is -0.169. The summed E-state index contributed by atoms with van der Waals surface area (Å²) in [4.78, 5) is 12.8. The van der Waals surface area contributed by atoms with Gasteiger partial charge >= 0.3 is 5.97 Å². The molecule has 2 aromatic rings. The molecule has 0 saturated carbocycles. The summed E-state index contributed by atoms with van der Waals surface area (Å²) in [6.45, 7) is 1.35. The maximum atomic E-state index is 14.1. The van der Waals surface area contributed by atoms with Crippen LogP contribution in [0.1, 0.15) is 17.4 Å². The van der Waals surface area contributed by atoms with Gasteiger partial charge in [0.25, 0.3) is 0 Å². The van der Waals surface area contributed by atoms with Gasteiger partial charge in [-0.25, -0.2) is 9.18 Å². The van der Waals surface area contributed by atoms with Crippen LogP contribution in [-0.2, 0) is 9.53 Å². The van der Waals surface area contributed by atoms with E-state index in [0.29, 0.717) is 4.88 Å². The summed E-state index contributed by atoms with van der Waals surface area (Å²) in [7, 11) is 0. The van der Waals surface area contributed by atoms with Crippen molar-refractivity contribution in [2.24, 2.45) is 0 Å². The molecule has 3 nitrogen and oxygen atoms in total. The summed E-state index contributed by atoms with van der Waals surface area (Å²) >= 11 is 7.35. The lowest BCUT2D eigenvalue weighted by Crippen LogP contribution is -2.25. The van der Waals surface area contributed by atoms with Crippen LogP contribution in [-0.4, -0.2) is 16.9 Å². The monoisotopic (exact) mass is 324 g/mol. The molecule has 0 bridgehead atoms. The van der Waals surface area contributed by atoms with E-state index in [-0.39, 0.29) is 21.7 Å². The number of rotatable bonds is 2. The minimum absolute atomic E-state index is 0.0365. The average molecular weight is 325 g/mol. The Hall–Kier alpha value is -1.69. The van der Waals surface area contributed by atoms with Crippen LogP contribution in [0.15, 0.2) is 35.7 Å². The van der Waals surface area contributed by atoms with Crippen LogP contribution in [0.25, 0.3) is 11.1 Å². The molecule has 3 rings (SSSR count). The highest BCUT2D eigenvalue weighted by Gasteiger charge is 2.45. The molecule has 1 N–H and O–H groups in total. The zero-order valence-electron chi connectivity index (χ0n) is 10.9. The molecule has 0 amide bonds. The van der Waals surface area contributed by atoms with Gasteiger partial charge in [-0.1, -0.05) is 23.7 Å². The van der Waals surface area contributed by atoms with Gasteiger partial charge in [-0.3, -0.25) is 0 Å². The number of hydrogen-bond acceptors (Lipinski definition) is 4. The molecule has 2 heterocycles. The average Bonchev–Trinajstić information content (AvgIpc) is 2.96. The molecule has 0 spiro atoms. The maximum absolute atomic E-state index is 14.1. The van der Waals surface area contributed by atoms with Crippen molar-refractivity contribution >= 4 is 40.1 Å². The van der Waals surface area contributed by atoms with E-state index in [1.807, 2.05) is 0 Å². The first kappa shape index (κ1) is 14.3. The van der Waals surface area contributed by atoms with Gasteiger partial charge in [-0.2, -0.15) is 0 Å². The van der Waals surface area contributed by atoms with E-state index in [2.05, 4.69) is 0 Å². The molecule has 0 fully saturated rings. The van der Waals surface area contributed by atoms with E-state index in [4.69, 9.17) is 16.3 Å². The molecule has 6 heteroatoms. The van der Waals surface area contributed by atoms with E-state index >= 15 is 0 Å². The highest BCUT2D eigenvalue weighted by atomic mass is 35.5. The second-order valence-electron chi connectivity index (χ2n) is 4.70. The topological polar surface area (TPSA) is 46.5 Å². The standard InChI is InChI=1S/C15H10ClFO3S/c1-15(19)13(10-6-3-7-21-10)12(14(18)20-15)11-8(16)4-2-5-9(11)17/h2-7,19H,1H3. The Kier molecular flexibility index (Phi) is 3.36. The smallest absolute Gasteiger partial charge is 0.342 e. The highest BCUT2D eigenvalue weighted by Crippen LogP contribution is 2.45. The van der Waals surface area contributed by atoms with E-state index < -0.39 is 17.6 Å².